The minimum atomic E-state index is -0.497. The van der Waals surface area contributed by atoms with E-state index in [-0.39, 0.29) is 13.2 Å². The third-order valence-corrected chi connectivity index (χ3v) is 6.05. The Morgan fingerprint density at radius 3 is 2.64 bits per heavy atom. The molecule has 0 atom stereocenters. The van der Waals surface area contributed by atoms with Crippen LogP contribution in [0.5, 0.6) is 17.2 Å². The summed E-state index contributed by atoms with van der Waals surface area (Å²) in [4.78, 5) is 13.0. The van der Waals surface area contributed by atoms with Crippen molar-refractivity contribution in [1.82, 2.24) is 14.9 Å². The van der Waals surface area contributed by atoms with Crippen molar-refractivity contribution in [2.24, 2.45) is 5.10 Å². The normalized spacial score (nSPS) is 12.7. The molecule has 0 fully saturated rings. The zero-order chi connectivity index (χ0) is 25.5. The van der Waals surface area contributed by atoms with Crippen molar-refractivity contribution in [1.29, 1.82) is 5.26 Å². The number of hydrogen-bond donors (Lipinski definition) is 0. The zero-order valence-electron chi connectivity index (χ0n) is 19.9. The molecule has 1 aliphatic heterocycles. The van der Waals surface area contributed by atoms with Crippen LogP contribution in [-0.4, -0.2) is 59.7 Å². The molecule has 0 bridgehead atoms. The van der Waals surface area contributed by atoms with Gasteiger partial charge in [-0.2, -0.15) is 15.0 Å². The van der Waals surface area contributed by atoms with Gasteiger partial charge in [0.05, 0.1) is 32.1 Å². The summed E-state index contributed by atoms with van der Waals surface area (Å²) in [6.45, 7) is 1.86. The molecule has 36 heavy (non-hydrogen) atoms. The average molecular weight is 506 g/mol. The highest BCUT2D eigenvalue weighted by atomic mass is 32.2. The largest absolute Gasteiger partial charge is 0.497 e. The van der Waals surface area contributed by atoms with Crippen LogP contribution in [0.25, 0.3) is 17.5 Å². The first-order chi connectivity index (χ1) is 17.6. The van der Waals surface area contributed by atoms with Crippen LogP contribution in [0.1, 0.15) is 12.5 Å². The molecular weight excluding hydrogens is 482 g/mol. The van der Waals surface area contributed by atoms with Crippen LogP contribution in [0, 0.1) is 11.3 Å². The number of ether oxygens (including phenoxy) is 4. The van der Waals surface area contributed by atoms with E-state index in [0.717, 1.165) is 11.3 Å². The summed E-state index contributed by atoms with van der Waals surface area (Å²) in [5.41, 5.74) is 2.30. The second kappa shape index (κ2) is 11.4. The smallest absolute Gasteiger partial charge is 0.340 e. The monoisotopic (exact) mass is 505 g/mol. The molecule has 2 aromatic carbocycles. The van der Waals surface area contributed by atoms with Crippen LogP contribution in [0.4, 0.5) is 0 Å². The molecule has 1 aliphatic rings. The maximum absolute atomic E-state index is 13.0. The average Bonchev–Trinajstić information content (AvgIpc) is 3.34. The van der Waals surface area contributed by atoms with Crippen molar-refractivity contribution in [3.8, 4) is 34.7 Å². The zero-order valence-corrected chi connectivity index (χ0v) is 20.7. The third-order valence-electron chi connectivity index (χ3n) is 5.12. The molecule has 11 heteroatoms. The number of aromatic nitrogens is 3. The van der Waals surface area contributed by atoms with Crippen molar-refractivity contribution in [3.63, 3.8) is 0 Å². The lowest BCUT2D eigenvalue weighted by atomic mass is 10.1. The van der Waals surface area contributed by atoms with Gasteiger partial charge in [-0.05, 0) is 55.0 Å². The Balaban J connectivity index is 1.74. The topological polar surface area (TPSA) is 121 Å². The molecule has 0 spiro atoms. The van der Waals surface area contributed by atoms with Gasteiger partial charge < -0.3 is 18.9 Å². The summed E-state index contributed by atoms with van der Waals surface area (Å²) in [5, 5.41) is 22.7. The first-order valence-corrected chi connectivity index (χ1v) is 11.9. The summed E-state index contributed by atoms with van der Waals surface area (Å²) in [6.07, 6.45) is 1.69. The first-order valence-electron chi connectivity index (χ1n) is 10.9. The second-order valence-electron chi connectivity index (χ2n) is 7.32. The van der Waals surface area contributed by atoms with Gasteiger partial charge in [-0.15, -0.1) is 10.2 Å². The Morgan fingerprint density at radius 1 is 1.14 bits per heavy atom. The van der Waals surface area contributed by atoms with Crippen LogP contribution in [0.3, 0.4) is 0 Å². The molecule has 0 N–H and O–H groups in total. The SMILES string of the molecule is CCOC(=O)/C(=C\c1ccc(OCC#N)c(OC)c1)C1=Nn2c(nnc2-c2ccc(OC)cc2)SC1. The predicted octanol–water partition coefficient (Wildman–Crippen LogP) is 3.82. The van der Waals surface area contributed by atoms with Gasteiger partial charge in [0.15, 0.2) is 23.9 Å². The van der Waals surface area contributed by atoms with E-state index in [1.54, 1.807) is 43.0 Å². The number of rotatable bonds is 9. The van der Waals surface area contributed by atoms with Crippen molar-refractivity contribution in [2.45, 2.75) is 12.1 Å². The highest BCUT2D eigenvalue weighted by Gasteiger charge is 2.26. The summed E-state index contributed by atoms with van der Waals surface area (Å²) < 4.78 is 23.0. The van der Waals surface area contributed by atoms with Gasteiger partial charge in [-0.3, -0.25) is 0 Å². The van der Waals surface area contributed by atoms with Crippen LogP contribution < -0.4 is 14.2 Å². The number of carbonyl (C=O) groups is 1. The number of benzene rings is 2. The Kier molecular flexibility index (Phi) is 7.87. The molecule has 0 unspecified atom stereocenters. The summed E-state index contributed by atoms with van der Waals surface area (Å²) in [7, 11) is 3.11. The number of nitrogens with zero attached hydrogens (tertiary/aromatic N) is 5. The fraction of sp³-hybridized carbons (Fsp3) is 0.240. The maximum Gasteiger partial charge on any atom is 0.340 e. The van der Waals surface area contributed by atoms with Gasteiger partial charge in [-0.1, -0.05) is 17.8 Å². The number of esters is 1. The van der Waals surface area contributed by atoms with E-state index >= 15 is 0 Å². The van der Waals surface area contributed by atoms with Crippen molar-refractivity contribution >= 4 is 29.5 Å². The van der Waals surface area contributed by atoms with Crippen molar-refractivity contribution in [3.05, 3.63) is 53.6 Å². The van der Waals surface area contributed by atoms with E-state index in [0.29, 0.717) is 45.1 Å². The predicted molar refractivity (Wildman–Crippen MR) is 134 cm³/mol. The van der Waals surface area contributed by atoms with Gasteiger partial charge >= 0.3 is 5.97 Å². The lowest BCUT2D eigenvalue weighted by molar-refractivity contribution is -0.137. The standard InChI is InChI=1S/C25H23N5O5S/c1-4-34-24(31)19(13-16-5-10-21(35-12-11-26)22(14-16)33-3)20-15-36-25-28-27-23(30(25)29-20)17-6-8-18(32-2)9-7-17/h5-10,13-14H,4,12,15H2,1-3H3/b19-13-. The lowest BCUT2D eigenvalue weighted by Crippen LogP contribution is -2.21. The van der Waals surface area contributed by atoms with Gasteiger partial charge in [0.25, 0.3) is 0 Å². The van der Waals surface area contributed by atoms with Crippen molar-refractivity contribution < 1.29 is 23.7 Å². The summed E-state index contributed by atoms with van der Waals surface area (Å²) >= 11 is 1.42. The minimum Gasteiger partial charge on any atom is -0.497 e. The third kappa shape index (κ3) is 5.34. The van der Waals surface area contributed by atoms with E-state index < -0.39 is 5.97 Å². The maximum atomic E-state index is 13.0. The van der Waals surface area contributed by atoms with E-state index in [2.05, 4.69) is 10.2 Å². The van der Waals surface area contributed by atoms with Gasteiger partial charge in [0, 0.05) is 11.3 Å². The molecule has 0 saturated carbocycles. The molecule has 0 aliphatic carbocycles. The van der Waals surface area contributed by atoms with E-state index in [9.17, 15) is 4.79 Å². The Bertz CT molecular complexity index is 1360. The van der Waals surface area contributed by atoms with Gasteiger partial charge in [0.2, 0.25) is 5.16 Å². The molecule has 10 nitrogen and oxygen atoms in total. The number of carbonyl (C=O) groups excluding carboxylic acids is 1. The molecule has 0 radical (unpaired) electrons. The molecule has 2 heterocycles. The molecular formula is C25H23N5O5S. The Hall–Kier alpha value is -4.30. The molecule has 0 saturated heterocycles. The van der Waals surface area contributed by atoms with Crippen molar-refractivity contribution in [2.75, 3.05) is 33.2 Å². The van der Waals surface area contributed by atoms with E-state index in [1.807, 2.05) is 30.3 Å². The number of methoxy groups -OCH3 is 2. The summed E-state index contributed by atoms with van der Waals surface area (Å²) in [6, 6.07) is 14.5. The van der Waals surface area contributed by atoms with Crippen LogP contribution >= 0.6 is 11.8 Å². The highest BCUT2D eigenvalue weighted by Crippen LogP contribution is 2.32. The van der Waals surface area contributed by atoms with Crippen LogP contribution in [-0.2, 0) is 9.53 Å². The van der Waals surface area contributed by atoms with E-state index in [1.165, 1.54) is 18.9 Å². The summed E-state index contributed by atoms with van der Waals surface area (Å²) in [5.74, 6) is 2.04. The van der Waals surface area contributed by atoms with Crippen LogP contribution in [0.2, 0.25) is 0 Å². The molecule has 4 rings (SSSR count). The Labute approximate surface area is 212 Å². The minimum absolute atomic E-state index is 0.106. The second-order valence-corrected chi connectivity index (χ2v) is 8.26. The molecule has 0 amide bonds. The number of fused-ring (bicyclic) bond motifs is 1. The van der Waals surface area contributed by atoms with Gasteiger partial charge in [-0.25, -0.2) is 4.79 Å². The fourth-order valence-electron chi connectivity index (χ4n) is 3.42. The lowest BCUT2D eigenvalue weighted by Gasteiger charge is -2.16. The van der Waals surface area contributed by atoms with Crippen LogP contribution in [0.15, 0.2) is 58.3 Å². The quantitative estimate of drug-likeness (QED) is 0.316. The number of hydrogen-bond acceptors (Lipinski definition) is 10. The Morgan fingerprint density at radius 2 is 1.94 bits per heavy atom. The van der Waals surface area contributed by atoms with Gasteiger partial charge in [0.1, 0.15) is 11.8 Å². The highest BCUT2D eigenvalue weighted by molar-refractivity contribution is 7.99. The number of thioether (sulfide) groups is 1. The molecule has 3 aromatic rings. The fourth-order valence-corrected chi connectivity index (χ4v) is 4.25. The molecule has 1 aromatic heterocycles. The first kappa shape index (κ1) is 24.8. The van der Waals surface area contributed by atoms with E-state index in [4.69, 9.17) is 29.3 Å². The molecule has 184 valence electrons. The number of nitriles is 1.